The van der Waals surface area contributed by atoms with Crippen LogP contribution in [-0.2, 0) is 10.2 Å². The third-order valence-electron chi connectivity index (χ3n) is 4.08. The van der Waals surface area contributed by atoms with Crippen molar-refractivity contribution in [3.05, 3.63) is 0 Å². The van der Waals surface area contributed by atoms with Gasteiger partial charge in [0.05, 0.1) is 0 Å². The molecule has 0 amide bonds. The first-order chi connectivity index (χ1) is 8.91. The molecule has 0 aromatic heterocycles. The van der Waals surface area contributed by atoms with Crippen LogP contribution in [0.2, 0.25) is 0 Å². The van der Waals surface area contributed by atoms with E-state index in [2.05, 4.69) is 12.2 Å². The van der Waals surface area contributed by atoms with Gasteiger partial charge in [-0.15, -0.1) is 0 Å². The number of nitrogens with one attached hydrogen (secondary N) is 1. The van der Waals surface area contributed by atoms with Crippen LogP contribution in [-0.4, -0.2) is 55.8 Å². The van der Waals surface area contributed by atoms with Crippen molar-refractivity contribution >= 4 is 10.2 Å². The molecule has 0 spiro atoms. The van der Waals surface area contributed by atoms with Crippen LogP contribution in [0.15, 0.2) is 0 Å². The molecule has 112 valence electrons. The van der Waals surface area contributed by atoms with Crippen LogP contribution in [0.25, 0.3) is 0 Å². The summed E-state index contributed by atoms with van der Waals surface area (Å²) in [5.41, 5.74) is 0. The number of hydrogen-bond acceptors (Lipinski definition) is 3. The van der Waals surface area contributed by atoms with E-state index in [1.807, 2.05) is 6.92 Å². The van der Waals surface area contributed by atoms with E-state index >= 15 is 0 Å². The Labute approximate surface area is 117 Å². The molecule has 2 atom stereocenters. The molecule has 19 heavy (non-hydrogen) atoms. The quantitative estimate of drug-likeness (QED) is 0.712. The van der Waals surface area contributed by atoms with Crippen LogP contribution in [0.3, 0.4) is 0 Å². The Hall–Kier alpha value is -0.170. The van der Waals surface area contributed by atoms with Gasteiger partial charge in [0.1, 0.15) is 0 Å². The second-order valence-corrected chi connectivity index (χ2v) is 8.16. The average Bonchev–Trinajstić information content (AvgIpc) is 3.09. The average molecular weight is 289 g/mol. The minimum Gasteiger partial charge on any atom is -0.314 e. The lowest BCUT2D eigenvalue weighted by molar-refractivity contribution is 0.350. The molecule has 1 N–H and O–H groups in total. The van der Waals surface area contributed by atoms with Gasteiger partial charge in [-0.1, -0.05) is 6.92 Å². The summed E-state index contributed by atoms with van der Waals surface area (Å²) in [6, 6.07) is 0.827. The van der Waals surface area contributed by atoms with E-state index in [1.54, 1.807) is 11.4 Å². The Balaban J connectivity index is 1.80. The molecule has 2 rings (SSSR count). The summed E-state index contributed by atoms with van der Waals surface area (Å²) < 4.78 is 28.1. The third kappa shape index (κ3) is 3.90. The van der Waals surface area contributed by atoms with Crippen LogP contribution < -0.4 is 5.32 Å². The van der Waals surface area contributed by atoms with E-state index in [1.165, 1.54) is 17.1 Å². The molecule has 2 unspecified atom stereocenters. The van der Waals surface area contributed by atoms with Crippen molar-refractivity contribution < 1.29 is 8.42 Å². The summed E-state index contributed by atoms with van der Waals surface area (Å²) in [6.45, 7) is 6.29. The summed E-state index contributed by atoms with van der Waals surface area (Å²) in [4.78, 5) is 0. The number of rotatable bonds is 7. The van der Waals surface area contributed by atoms with Gasteiger partial charge in [0.2, 0.25) is 0 Å². The van der Waals surface area contributed by atoms with Crippen LogP contribution in [0.5, 0.6) is 0 Å². The molecule has 1 heterocycles. The van der Waals surface area contributed by atoms with E-state index in [9.17, 15) is 8.42 Å². The first-order valence-corrected chi connectivity index (χ1v) is 8.77. The molecule has 1 saturated heterocycles. The zero-order valence-corrected chi connectivity index (χ0v) is 13.1. The number of hydrogen-bond donors (Lipinski definition) is 1. The Morgan fingerprint density at radius 1 is 1.32 bits per heavy atom. The smallest absolute Gasteiger partial charge is 0.281 e. The first-order valence-electron chi connectivity index (χ1n) is 7.37. The van der Waals surface area contributed by atoms with Crippen LogP contribution >= 0.6 is 0 Å². The Morgan fingerprint density at radius 3 is 2.53 bits per heavy atom. The van der Waals surface area contributed by atoms with Crippen LogP contribution in [0, 0.1) is 5.92 Å². The zero-order chi connectivity index (χ0) is 14.0. The normalized spacial score (nSPS) is 29.3. The highest BCUT2D eigenvalue weighted by molar-refractivity contribution is 7.86. The highest BCUT2D eigenvalue weighted by Crippen LogP contribution is 2.26. The SMILES string of the molecule is CC1CC(C)N(S(=O)(=O)N(C)CCCNC2CC2)C1. The van der Waals surface area contributed by atoms with E-state index < -0.39 is 10.2 Å². The van der Waals surface area contributed by atoms with Gasteiger partial charge in [-0.05, 0) is 45.1 Å². The lowest BCUT2D eigenvalue weighted by atomic mass is 10.1. The second kappa shape index (κ2) is 6.08. The van der Waals surface area contributed by atoms with Gasteiger partial charge in [0, 0.05) is 32.2 Å². The van der Waals surface area contributed by atoms with Gasteiger partial charge in [-0.25, -0.2) is 0 Å². The lowest BCUT2D eigenvalue weighted by Crippen LogP contribution is -2.44. The monoisotopic (exact) mass is 289 g/mol. The fourth-order valence-corrected chi connectivity index (χ4v) is 4.47. The minimum atomic E-state index is -3.27. The summed E-state index contributed by atoms with van der Waals surface area (Å²) in [5.74, 6) is 0.467. The van der Waals surface area contributed by atoms with E-state index in [0.717, 1.165) is 19.4 Å². The fraction of sp³-hybridized carbons (Fsp3) is 1.00. The molecule has 1 aliphatic carbocycles. The topological polar surface area (TPSA) is 52.7 Å². The fourth-order valence-electron chi connectivity index (χ4n) is 2.77. The van der Waals surface area contributed by atoms with Crippen molar-refractivity contribution in [1.29, 1.82) is 0 Å². The molecule has 0 bridgehead atoms. The summed E-state index contributed by atoms with van der Waals surface area (Å²) >= 11 is 0. The molecular weight excluding hydrogens is 262 g/mol. The Morgan fingerprint density at radius 2 is 2.00 bits per heavy atom. The van der Waals surface area contributed by atoms with Crippen molar-refractivity contribution in [2.24, 2.45) is 5.92 Å². The molecule has 6 heteroatoms. The van der Waals surface area contributed by atoms with Gasteiger partial charge in [0.25, 0.3) is 10.2 Å². The highest BCUT2D eigenvalue weighted by Gasteiger charge is 2.37. The molecule has 2 fully saturated rings. The van der Waals surface area contributed by atoms with Crippen molar-refractivity contribution in [3.63, 3.8) is 0 Å². The van der Waals surface area contributed by atoms with Gasteiger partial charge in [0.15, 0.2) is 0 Å². The van der Waals surface area contributed by atoms with Crippen LogP contribution in [0.4, 0.5) is 0 Å². The molecule has 5 nitrogen and oxygen atoms in total. The van der Waals surface area contributed by atoms with Gasteiger partial charge >= 0.3 is 0 Å². The van der Waals surface area contributed by atoms with E-state index in [-0.39, 0.29) is 6.04 Å². The molecule has 0 radical (unpaired) electrons. The molecule has 0 aromatic rings. The lowest BCUT2D eigenvalue weighted by Gasteiger charge is -2.27. The maximum Gasteiger partial charge on any atom is 0.281 e. The van der Waals surface area contributed by atoms with Crippen molar-refractivity contribution in [2.75, 3.05) is 26.7 Å². The molecule has 0 aromatic carbocycles. The highest BCUT2D eigenvalue weighted by atomic mass is 32.2. The maximum absolute atomic E-state index is 12.5. The zero-order valence-electron chi connectivity index (χ0n) is 12.3. The maximum atomic E-state index is 12.5. The van der Waals surface area contributed by atoms with Gasteiger partial charge < -0.3 is 5.32 Å². The molecule has 1 aliphatic heterocycles. The molecule has 2 aliphatic rings. The predicted octanol–water partition coefficient (Wildman–Crippen LogP) is 1.04. The molecule has 1 saturated carbocycles. The largest absolute Gasteiger partial charge is 0.314 e. The first kappa shape index (κ1) is 15.2. The Kier molecular flexibility index (Phi) is 4.87. The minimum absolute atomic E-state index is 0.132. The van der Waals surface area contributed by atoms with Gasteiger partial charge in [-0.2, -0.15) is 17.0 Å². The summed E-state index contributed by atoms with van der Waals surface area (Å²) in [7, 11) is -1.57. The van der Waals surface area contributed by atoms with Crippen molar-refractivity contribution in [1.82, 2.24) is 13.9 Å². The third-order valence-corrected chi connectivity index (χ3v) is 6.15. The van der Waals surface area contributed by atoms with Crippen molar-refractivity contribution in [2.45, 2.75) is 51.6 Å². The van der Waals surface area contributed by atoms with E-state index in [4.69, 9.17) is 0 Å². The Bertz CT molecular complexity index is 395. The molecular formula is C13H27N3O2S. The number of nitrogens with zero attached hydrogens (tertiary/aromatic N) is 2. The summed E-state index contributed by atoms with van der Waals surface area (Å²) in [5, 5.41) is 3.41. The summed E-state index contributed by atoms with van der Waals surface area (Å²) in [6.07, 6.45) is 4.40. The van der Waals surface area contributed by atoms with Crippen LogP contribution in [0.1, 0.15) is 39.5 Å². The second-order valence-electron chi connectivity index (χ2n) is 6.17. The predicted molar refractivity (Wildman–Crippen MR) is 77.1 cm³/mol. The standard InChI is InChI=1S/C13H27N3O2S/c1-11-9-12(2)16(10-11)19(17,18)15(3)8-4-7-14-13-5-6-13/h11-14H,4-10H2,1-3H3. The van der Waals surface area contributed by atoms with E-state index in [0.29, 0.717) is 25.0 Å². The van der Waals surface area contributed by atoms with Crippen molar-refractivity contribution in [3.8, 4) is 0 Å². The van der Waals surface area contributed by atoms with Gasteiger partial charge in [-0.3, -0.25) is 0 Å².